The first kappa shape index (κ1) is 14.4. The summed E-state index contributed by atoms with van der Waals surface area (Å²) in [7, 11) is 1.34. The highest BCUT2D eigenvalue weighted by atomic mass is 16.6. The van der Waals surface area contributed by atoms with Crippen molar-refractivity contribution in [2.75, 3.05) is 7.11 Å². The first-order chi connectivity index (χ1) is 10.0. The van der Waals surface area contributed by atoms with Gasteiger partial charge >= 0.3 is 0 Å². The number of nitro groups is 1. The van der Waals surface area contributed by atoms with E-state index >= 15 is 0 Å². The van der Waals surface area contributed by atoms with E-state index in [1.54, 1.807) is 6.92 Å². The SMILES string of the molecule is COc1cccc([N+](=O)[O-])c1C(=O)NC(C)c1ncn[nH]1. The molecule has 21 heavy (non-hydrogen) atoms. The van der Waals surface area contributed by atoms with Crippen molar-refractivity contribution in [3.63, 3.8) is 0 Å². The van der Waals surface area contributed by atoms with Gasteiger partial charge < -0.3 is 10.1 Å². The van der Waals surface area contributed by atoms with Gasteiger partial charge in [-0.25, -0.2) is 4.98 Å². The van der Waals surface area contributed by atoms with E-state index < -0.39 is 16.9 Å². The molecule has 1 atom stereocenters. The first-order valence-electron chi connectivity index (χ1n) is 6.02. The Morgan fingerprint density at radius 2 is 2.29 bits per heavy atom. The van der Waals surface area contributed by atoms with Gasteiger partial charge in [0.15, 0.2) is 5.56 Å². The Bertz CT molecular complexity index is 656. The molecule has 110 valence electrons. The number of amides is 1. The molecule has 1 aromatic carbocycles. The van der Waals surface area contributed by atoms with E-state index in [2.05, 4.69) is 20.5 Å². The van der Waals surface area contributed by atoms with E-state index in [0.29, 0.717) is 5.82 Å². The minimum absolute atomic E-state index is 0.128. The number of carbonyl (C=O) groups excluding carboxylic acids is 1. The number of aromatic amines is 1. The molecule has 0 bridgehead atoms. The van der Waals surface area contributed by atoms with Crippen molar-refractivity contribution in [3.05, 3.63) is 46.0 Å². The zero-order valence-electron chi connectivity index (χ0n) is 11.4. The van der Waals surface area contributed by atoms with Crippen LogP contribution in [0.1, 0.15) is 29.1 Å². The summed E-state index contributed by atoms with van der Waals surface area (Å²) in [6.45, 7) is 1.68. The molecule has 9 nitrogen and oxygen atoms in total. The molecular formula is C12H13N5O4. The molecule has 0 radical (unpaired) electrons. The third kappa shape index (κ3) is 2.96. The lowest BCUT2D eigenvalue weighted by molar-refractivity contribution is -0.385. The fraction of sp³-hybridized carbons (Fsp3) is 0.250. The summed E-state index contributed by atoms with van der Waals surface area (Å²) >= 11 is 0. The minimum Gasteiger partial charge on any atom is -0.496 e. The quantitative estimate of drug-likeness (QED) is 0.630. The molecule has 1 aromatic heterocycles. The summed E-state index contributed by atoms with van der Waals surface area (Å²) in [5.74, 6) is -0.0459. The molecule has 2 N–H and O–H groups in total. The van der Waals surface area contributed by atoms with Crippen molar-refractivity contribution >= 4 is 11.6 Å². The fourth-order valence-corrected chi connectivity index (χ4v) is 1.83. The van der Waals surface area contributed by atoms with Gasteiger partial charge in [0.25, 0.3) is 11.6 Å². The monoisotopic (exact) mass is 291 g/mol. The number of carbonyl (C=O) groups is 1. The van der Waals surface area contributed by atoms with Crippen LogP contribution < -0.4 is 10.1 Å². The van der Waals surface area contributed by atoms with E-state index in [1.807, 2.05) is 0 Å². The van der Waals surface area contributed by atoms with E-state index in [-0.39, 0.29) is 17.0 Å². The number of nitro benzene ring substituents is 1. The van der Waals surface area contributed by atoms with Crippen LogP contribution in [-0.2, 0) is 0 Å². The number of methoxy groups -OCH3 is 1. The summed E-state index contributed by atoms with van der Waals surface area (Å²) in [5, 5.41) is 20.0. The summed E-state index contributed by atoms with van der Waals surface area (Å²) in [6, 6.07) is 3.70. The van der Waals surface area contributed by atoms with Crippen molar-refractivity contribution in [1.29, 1.82) is 0 Å². The number of benzene rings is 1. The average molecular weight is 291 g/mol. The van der Waals surface area contributed by atoms with Gasteiger partial charge in [-0.2, -0.15) is 5.10 Å². The molecular weight excluding hydrogens is 278 g/mol. The Morgan fingerprint density at radius 3 is 2.86 bits per heavy atom. The summed E-state index contributed by atoms with van der Waals surface area (Å²) in [5.41, 5.74) is -0.451. The summed E-state index contributed by atoms with van der Waals surface area (Å²) < 4.78 is 5.03. The van der Waals surface area contributed by atoms with Gasteiger partial charge in [-0.3, -0.25) is 20.0 Å². The lowest BCUT2D eigenvalue weighted by Gasteiger charge is -2.13. The lowest BCUT2D eigenvalue weighted by atomic mass is 10.1. The number of rotatable bonds is 5. The zero-order chi connectivity index (χ0) is 15.4. The van der Waals surface area contributed by atoms with Crippen LogP contribution in [0.15, 0.2) is 24.5 Å². The van der Waals surface area contributed by atoms with Crippen LogP contribution in [-0.4, -0.2) is 33.1 Å². The number of aromatic nitrogens is 3. The second-order valence-corrected chi connectivity index (χ2v) is 4.18. The highest BCUT2D eigenvalue weighted by Gasteiger charge is 2.26. The van der Waals surface area contributed by atoms with Crippen LogP contribution >= 0.6 is 0 Å². The molecule has 2 rings (SSSR count). The van der Waals surface area contributed by atoms with Crippen LogP contribution in [0.5, 0.6) is 5.75 Å². The zero-order valence-corrected chi connectivity index (χ0v) is 11.4. The second kappa shape index (κ2) is 5.99. The number of hydrogen-bond donors (Lipinski definition) is 2. The molecule has 9 heteroatoms. The van der Waals surface area contributed by atoms with Crippen molar-refractivity contribution in [3.8, 4) is 5.75 Å². The number of nitrogens with zero attached hydrogens (tertiary/aromatic N) is 3. The second-order valence-electron chi connectivity index (χ2n) is 4.18. The molecule has 1 heterocycles. The van der Waals surface area contributed by atoms with Crippen molar-refractivity contribution in [1.82, 2.24) is 20.5 Å². The molecule has 1 amide bonds. The van der Waals surface area contributed by atoms with Gasteiger partial charge in [0.05, 0.1) is 18.1 Å². The lowest BCUT2D eigenvalue weighted by Crippen LogP contribution is -2.28. The highest BCUT2D eigenvalue weighted by molar-refractivity contribution is 6.01. The van der Waals surface area contributed by atoms with Crippen LogP contribution in [0.4, 0.5) is 5.69 Å². The Hall–Kier alpha value is -2.97. The Morgan fingerprint density at radius 1 is 1.52 bits per heavy atom. The third-order valence-electron chi connectivity index (χ3n) is 2.84. The van der Waals surface area contributed by atoms with Crippen LogP contribution in [0.3, 0.4) is 0 Å². The standard InChI is InChI=1S/C12H13N5O4/c1-7(11-13-6-14-16-11)15-12(18)10-8(17(19)20)4-3-5-9(10)21-2/h3-7H,1-2H3,(H,15,18)(H,13,14,16). The van der Waals surface area contributed by atoms with Gasteiger partial charge in [0.1, 0.15) is 17.9 Å². The van der Waals surface area contributed by atoms with Gasteiger partial charge in [-0.05, 0) is 13.0 Å². The Kier molecular flexibility index (Phi) is 4.12. The van der Waals surface area contributed by atoms with Gasteiger partial charge in [0, 0.05) is 6.07 Å². The molecule has 2 aromatic rings. The normalized spacial score (nSPS) is 11.7. The number of nitrogens with one attached hydrogen (secondary N) is 2. The van der Waals surface area contributed by atoms with Gasteiger partial charge in [-0.1, -0.05) is 6.07 Å². The van der Waals surface area contributed by atoms with Crippen molar-refractivity contribution in [2.45, 2.75) is 13.0 Å². The maximum absolute atomic E-state index is 12.3. The molecule has 0 aliphatic rings. The molecule has 0 aliphatic carbocycles. The minimum atomic E-state index is -0.628. The third-order valence-corrected chi connectivity index (χ3v) is 2.84. The predicted octanol–water partition coefficient (Wildman–Crippen LogP) is 1.21. The topological polar surface area (TPSA) is 123 Å². The largest absolute Gasteiger partial charge is 0.496 e. The maximum atomic E-state index is 12.3. The van der Waals surface area contributed by atoms with E-state index in [1.165, 1.54) is 31.6 Å². The molecule has 0 aliphatic heterocycles. The average Bonchev–Trinajstić information content (AvgIpc) is 3.00. The number of ether oxygens (including phenoxy) is 1. The van der Waals surface area contributed by atoms with E-state index in [4.69, 9.17) is 4.74 Å². The smallest absolute Gasteiger partial charge is 0.285 e. The fourth-order valence-electron chi connectivity index (χ4n) is 1.83. The van der Waals surface area contributed by atoms with E-state index in [9.17, 15) is 14.9 Å². The maximum Gasteiger partial charge on any atom is 0.285 e. The number of H-pyrrole nitrogens is 1. The summed E-state index contributed by atoms with van der Waals surface area (Å²) in [6.07, 6.45) is 1.31. The molecule has 0 fully saturated rings. The molecule has 1 unspecified atom stereocenters. The van der Waals surface area contributed by atoms with Gasteiger partial charge in [0.2, 0.25) is 0 Å². The van der Waals surface area contributed by atoms with Gasteiger partial charge in [-0.15, -0.1) is 0 Å². The van der Waals surface area contributed by atoms with Crippen LogP contribution in [0, 0.1) is 10.1 Å². The van der Waals surface area contributed by atoms with Crippen LogP contribution in [0.25, 0.3) is 0 Å². The number of hydrogen-bond acceptors (Lipinski definition) is 6. The Labute approximate surface area is 119 Å². The molecule has 0 saturated carbocycles. The van der Waals surface area contributed by atoms with Crippen molar-refractivity contribution < 1.29 is 14.5 Å². The molecule has 0 spiro atoms. The summed E-state index contributed by atoms with van der Waals surface area (Å²) in [4.78, 5) is 26.6. The highest BCUT2D eigenvalue weighted by Crippen LogP contribution is 2.28. The predicted molar refractivity (Wildman–Crippen MR) is 71.9 cm³/mol. The first-order valence-corrected chi connectivity index (χ1v) is 6.02. The van der Waals surface area contributed by atoms with E-state index in [0.717, 1.165) is 0 Å². The Balaban J connectivity index is 2.32. The van der Waals surface area contributed by atoms with Crippen molar-refractivity contribution in [2.24, 2.45) is 0 Å². The van der Waals surface area contributed by atoms with Crippen LogP contribution in [0.2, 0.25) is 0 Å². The molecule has 0 saturated heterocycles.